The normalized spacial score (nSPS) is 20.1. The third-order valence-electron chi connectivity index (χ3n) is 5.44. The molecule has 1 aromatic rings. The van der Waals surface area contributed by atoms with Crippen molar-refractivity contribution in [3.8, 4) is 0 Å². The first-order valence-corrected chi connectivity index (χ1v) is 11.5. The minimum absolute atomic E-state index is 0.0940. The van der Waals surface area contributed by atoms with E-state index in [0.717, 1.165) is 38.5 Å². The largest absolute Gasteiger partial charge is 0.434 e. The summed E-state index contributed by atoms with van der Waals surface area (Å²) in [4.78, 5) is 48.0. The molecule has 2 N–H and O–H groups in total. The number of hydrogen-bond acceptors (Lipinski definition) is 9. The zero-order valence-electron chi connectivity index (χ0n) is 16.1. The molecule has 0 amide bonds. The van der Waals surface area contributed by atoms with Crippen LogP contribution < -0.4 is 21.1 Å². The summed E-state index contributed by atoms with van der Waals surface area (Å²) in [5, 5.41) is 2.97. The Balaban J connectivity index is 1.50. The molecule has 1 saturated carbocycles. The van der Waals surface area contributed by atoms with E-state index in [1.54, 1.807) is 4.90 Å². The highest BCUT2D eigenvalue weighted by molar-refractivity contribution is 7.60. The smallest absolute Gasteiger partial charge is 0.413 e. The molecule has 0 spiro atoms. The minimum atomic E-state index is -3.24. The molecule has 1 aliphatic heterocycles. The van der Waals surface area contributed by atoms with Crippen LogP contribution in [0.4, 0.5) is 11.4 Å². The van der Waals surface area contributed by atoms with Gasteiger partial charge in [0.05, 0.1) is 19.6 Å². The SMILES string of the molecule is CO[P+](O)(CCN1CCCNc2c1c(=O)c2=O)OCOC(=O)C1CCCCC1. The van der Waals surface area contributed by atoms with E-state index in [0.29, 0.717) is 31.0 Å². The van der Waals surface area contributed by atoms with Gasteiger partial charge in [-0.05, 0) is 19.3 Å². The van der Waals surface area contributed by atoms with Gasteiger partial charge < -0.3 is 15.0 Å². The molecule has 2 aliphatic rings. The molecule has 9 nitrogen and oxygen atoms in total. The first-order valence-electron chi connectivity index (χ1n) is 9.75. The van der Waals surface area contributed by atoms with Gasteiger partial charge in [-0.3, -0.25) is 14.4 Å². The Morgan fingerprint density at radius 3 is 2.68 bits per heavy atom. The van der Waals surface area contributed by atoms with Crippen molar-refractivity contribution in [1.82, 2.24) is 0 Å². The monoisotopic (exact) mass is 415 g/mol. The van der Waals surface area contributed by atoms with Crippen molar-refractivity contribution >= 4 is 25.3 Å². The lowest BCUT2D eigenvalue weighted by Gasteiger charge is -2.25. The van der Waals surface area contributed by atoms with Crippen molar-refractivity contribution in [3.63, 3.8) is 0 Å². The minimum Gasteiger partial charge on any atom is -0.434 e. The zero-order chi connectivity index (χ0) is 20.1. The molecule has 0 bridgehead atoms. The summed E-state index contributed by atoms with van der Waals surface area (Å²) in [5.41, 5.74) is -0.284. The molecule has 156 valence electrons. The standard InChI is InChI=1S/C18H27N2O7P/c1-25-28(24,27-12-26-18(23)13-6-3-2-4-7-13)11-10-20-9-5-8-19-14-15(20)17(22)16(14)21/h13,24H,2-12H2,1H3/p+1. The average Bonchev–Trinajstić information content (AvgIpc) is 2.92. The van der Waals surface area contributed by atoms with E-state index in [4.69, 9.17) is 13.8 Å². The predicted molar refractivity (Wildman–Crippen MR) is 106 cm³/mol. The maximum Gasteiger partial charge on any atom is 0.413 e. The summed E-state index contributed by atoms with van der Waals surface area (Å²) in [6.45, 7) is 1.14. The second kappa shape index (κ2) is 9.31. The number of hydrogen-bond donors (Lipinski definition) is 2. The molecule has 3 rings (SSSR count). The number of rotatable bonds is 8. The molecular formula is C18H28N2O7P+. The third-order valence-corrected chi connectivity index (χ3v) is 7.28. The summed E-state index contributed by atoms with van der Waals surface area (Å²) in [5.74, 6) is -0.391. The van der Waals surface area contributed by atoms with Gasteiger partial charge in [-0.25, -0.2) is 0 Å². The van der Waals surface area contributed by atoms with Gasteiger partial charge in [0, 0.05) is 13.1 Å². The Hall–Kier alpha value is -1.54. The van der Waals surface area contributed by atoms with Gasteiger partial charge in [-0.15, -0.1) is 4.52 Å². The van der Waals surface area contributed by atoms with Crippen LogP contribution in [0.3, 0.4) is 0 Å². The Labute approximate surface area is 164 Å². The van der Waals surface area contributed by atoms with Crippen molar-refractivity contribution < 1.29 is 23.5 Å². The van der Waals surface area contributed by atoms with Gasteiger partial charge in [0.2, 0.25) is 6.79 Å². The molecule has 1 heterocycles. The van der Waals surface area contributed by atoms with Crippen LogP contribution in [0, 0.1) is 5.92 Å². The molecule has 0 radical (unpaired) electrons. The number of nitrogens with zero attached hydrogens (tertiary/aromatic N) is 1. The Kier molecular flexibility index (Phi) is 7.04. The van der Waals surface area contributed by atoms with Gasteiger partial charge in [0.15, 0.2) is 6.16 Å². The maximum atomic E-state index is 12.1. The molecule has 10 heteroatoms. The number of carbonyl (C=O) groups excluding carboxylic acids is 1. The quantitative estimate of drug-likeness (QED) is 0.281. The van der Waals surface area contributed by atoms with Crippen LogP contribution in [0.15, 0.2) is 9.59 Å². The molecule has 0 aromatic heterocycles. The Morgan fingerprint density at radius 2 is 1.96 bits per heavy atom. The van der Waals surface area contributed by atoms with Crippen molar-refractivity contribution in [1.29, 1.82) is 0 Å². The Bertz CT molecular complexity index is 758. The van der Waals surface area contributed by atoms with Crippen LogP contribution in [0.1, 0.15) is 38.5 Å². The van der Waals surface area contributed by atoms with Crippen molar-refractivity contribution in [2.75, 3.05) is 49.9 Å². The summed E-state index contributed by atoms with van der Waals surface area (Å²) in [6, 6.07) is 0. The number of ether oxygens (including phenoxy) is 1. The highest BCUT2D eigenvalue weighted by Crippen LogP contribution is 2.56. The summed E-state index contributed by atoms with van der Waals surface area (Å²) in [7, 11) is -1.91. The topological polar surface area (TPSA) is 114 Å². The summed E-state index contributed by atoms with van der Waals surface area (Å²) >= 11 is 0. The van der Waals surface area contributed by atoms with Crippen LogP contribution in [0.25, 0.3) is 0 Å². The fourth-order valence-electron chi connectivity index (χ4n) is 3.74. The lowest BCUT2D eigenvalue weighted by atomic mass is 9.89. The molecule has 28 heavy (non-hydrogen) atoms. The van der Waals surface area contributed by atoms with Gasteiger partial charge >= 0.3 is 13.9 Å². The number of fused-ring (bicyclic) bond motifs is 1. The first-order chi connectivity index (χ1) is 13.4. The van der Waals surface area contributed by atoms with Crippen LogP contribution in [-0.2, 0) is 18.6 Å². The van der Waals surface area contributed by atoms with Crippen LogP contribution >= 0.6 is 7.94 Å². The second-order valence-electron chi connectivity index (χ2n) is 7.24. The zero-order valence-corrected chi connectivity index (χ0v) is 17.0. The molecule has 1 fully saturated rings. The van der Waals surface area contributed by atoms with Gasteiger partial charge in [-0.2, -0.15) is 9.42 Å². The lowest BCUT2D eigenvalue weighted by Crippen LogP contribution is -2.42. The highest BCUT2D eigenvalue weighted by Gasteiger charge is 2.41. The van der Waals surface area contributed by atoms with E-state index in [9.17, 15) is 19.3 Å². The van der Waals surface area contributed by atoms with E-state index >= 15 is 0 Å². The molecule has 1 unspecified atom stereocenters. The van der Waals surface area contributed by atoms with Crippen molar-refractivity contribution in [2.45, 2.75) is 38.5 Å². The van der Waals surface area contributed by atoms with Crippen molar-refractivity contribution in [2.24, 2.45) is 5.92 Å². The Morgan fingerprint density at radius 1 is 1.21 bits per heavy atom. The van der Waals surface area contributed by atoms with E-state index < -0.39 is 18.8 Å². The third kappa shape index (κ3) is 4.71. The first kappa shape index (κ1) is 21.2. The van der Waals surface area contributed by atoms with Crippen LogP contribution in [-0.4, -0.2) is 50.6 Å². The van der Waals surface area contributed by atoms with Crippen molar-refractivity contribution in [3.05, 3.63) is 20.4 Å². The number of carbonyl (C=O) groups is 1. The number of anilines is 2. The summed E-state index contributed by atoms with van der Waals surface area (Å²) in [6.07, 6.45) is 5.75. The predicted octanol–water partition coefficient (Wildman–Crippen LogP) is 1.40. The molecule has 1 aliphatic carbocycles. The van der Waals surface area contributed by atoms with E-state index in [2.05, 4.69) is 5.32 Å². The maximum absolute atomic E-state index is 12.1. The molecular weight excluding hydrogens is 387 g/mol. The molecule has 0 saturated heterocycles. The van der Waals surface area contributed by atoms with Gasteiger partial charge in [0.1, 0.15) is 11.4 Å². The van der Waals surface area contributed by atoms with Gasteiger partial charge in [0.25, 0.3) is 10.9 Å². The fourth-order valence-corrected chi connectivity index (χ4v) is 4.87. The van der Waals surface area contributed by atoms with E-state index in [-0.39, 0.29) is 24.8 Å². The summed E-state index contributed by atoms with van der Waals surface area (Å²) < 4.78 is 15.7. The number of esters is 1. The fraction of sp³-hybridized carbons (Fsp3) is 0.722. The van der Waals surface area contributed by atoms with E-state index in [1.807, 2.05) is 0 Å². The lowest BCUT2D eigenvalue weighted by molar-refractivity contribution is -0.156. The highest BCUT2D eigenvalue weighted by atomic mass is 31.2. The van der Waals surface area contributed by atoms with Crippen LogP contribution in [0.5, 0.6) is 0 Å². The second-order valence-corrected chi connectivity index (χ2v) is 9.58. The molecule has 1 aromatic carbocycles. The van der Waals surface area contributed by atoms with E-state index in [1.165, 1.54) is 7.11 Å². The average molecular weight is 415 g/mol. The van der Waals surface area contributed by atoms with Gasteiger partial charge in [-0.1, -0.05) is 19.3 Å². The van der Waals surface area contributed by atoms with Crippen LogP contribution in [0.2, 0.25) is 0 Å². The molecule has 1 atom stereocenters. The number of nitrogens with one attached hydrogen (secondary N) is 1.